The van der Waals surface area contributed by atoms with Gasteiger partial charge in [-0.2, -0.15) is 11.8 Å². The number of thioether (sulfide) groups is 1. The number of carbonyl (C=O) groups excluding carboxylic acids is 1. The Labute approximate surface area is 121 Å². The van der Waals surface area contributed by atoms with Crippen LogP contribution < -0.4 is 5.73 Å². The van der Waals surface area contributed by atoms with E-state index in [9.17, 15) is 14.4 Å². The molecule has 1 saturated heterocycles. The highest BCUT2D eigenvalue weighted by Crippen LogP contribution is 2.25. The van der Waals surface area contributed by atoms with Crippen molar-refractivity contribution >= 4 is 29.6 Å². The molecule has 7 nitrogen and oxygen atoms in total. The summed E-state index contributed by atoms with van der Waals surface area (Å²) in [4.78, 5) is 35.6. The zero-order valence-electron chi connectivity index (χ0n) is 11.3. The molecule has 3 atom stereocenters. The first-order valence-corrected chi connectivity index (χ1v) is 7.76. The molecule has 0 aromatic rings. The molecule has 0 spiro atoms. The summed E-state index contributed by atoms with van der Waals surface area (Å²) >= 11 is 1.58. The molecule has 4 N–H and O–H groups in total. The molecule has 0 aliphatic carbocycles. The monoisotopic (exact) mass is 304 g/mol. The van der Waals surface area contributed by atoms with Crippen LogP contribution in [0.5, 0.6) is 0 Å². The standard InChI is InChI=1S/C12H20N2O5S/c1-20-5-3-9(13)10(15)14-4-2-7(11(16)17)8(6-14)12(18)19/h7-9H,2-6,13H2,1H3,(H,16,17)(H,18,19)/t7?,8?,9-/m0/s1. The minimum atomic E-state index is -1.19. The van der Waals surface area contributed by atoms with Gasteiger partial charge in [-0.25, -0.2) is 0 Å². The second-order valence-corrected chi connectivity index (χ2v) is 5.84. The van der Waals surface area contributed by atoms with Crippen LogP contribution in [0.3, 0.4) is 0 Å². The Bertz CT molecular complexity index is 390. The van der Waals surface area contributed by atoms with E-state index in [2.05, 4.69) is 0 Å². The molecule has 114 valence electrons. The number of piperidine rings is 1. The molecule has 1 aliphatic heterocycles. The number of nitrogens with two attached hydrogens (primary N) is 1. The normalized spacial score (nSPS) is 24.2. The molecular weight excluding hydrogens is 284 g/mol. The largest absolute Gasteiger partial charge is 0.481 e. The molecule has 0 bridgehead atoms. The summed E-state index contributed by atoms with van der Waals surface area (Å²) in [6, 6.07) is -0.654. The highest BCUT2D eigenvalue weighted by molar-refractivity contribution is 7.98. The fourth-order valence-corrected chi connectivity index (χ4v) is 2.79. The van der Waals surface area contributed by atoms with E-state index in [0.717, 1.165) is 5.75 Å². The third-order valence-corrected chi connectivity index (χ3v) is 4.15. The van der Waals surface area contributed by atoms with Gasteiger partial charge in [0.25, 0.3) is 0 Å². The van der Waals surface area contributed by atoms with Crippen LogP contribution in [-0.4, -0.2) is 64.1 Å². The summed E-state index contributed by atoms with van der Waals surface area (Å²) in [6.45, 7) is 0.157. The number of amides is 1. The number of aliphatic carboxylic acids is 2. The van der Waals surface area contributed by atoms with E-state index in [4.69, 9.17) is 15.9 Å². The summed E-state index contributed by atoms with van der Waals surface area (Å²) < 4.78 is 0. The molecule has 8 heteroatoms. The number of rotatable bonds is 6. The van der Waals surface area contributed by atoms with Crippen LogP contribution in [0.1, 0.15) is 12.8 Å². The van der Waals surface area contributed by atoms with Crippen molar-refractivity contribution in [2.24, 2.45) is 17.6 Å². The molecule has 2 unspecified atom stereocenters. The SMILES string of the molecule is CSCC[C@H](N)C(=O)N1CCC(C(=O)O)C(C(=O)O)C1. The van der Waals surface area contributed by atoms with Crippen molar-refractivity contribution in [1.82, 2.24) is 4.90 Å². The van der Waals surface area contributed by atoms with E-state index < -0.39 is 29.8 Å². The molecule has 1 fully saturated rings. The van der Waals surface area contributed by atoms with Gasteiger partial charge in [-0.15, -0.1) is 0 Å². The van der Waals surface area contributed by atoms with E-state index in [-0.39, 0.29) is 25.4 Å². The van der Waals surface area contributed by atoms with Crippen LogP contribution >= 0.6 is 11.8 Å². The first kappa shape index (κ1) is 16.8. The van der Waals surface area contributed by atoms with Gasteiger partial charge in [0.05, 0.1) is 17.9 Å². The highest BCUT2D eigenvalue weighted by Gasteiger charge is 2.40. The number of hydrogen-bond donors (Lipinski definition) is 3. The zero-order chi connectivity index (χ0) is 15.3. The predicted octanol–water partition coefficient (Wildman–Crippen LogP) is -0.299. The summed E-state index contributed by atoms with van der Waals surface area (Å²) in [5.74, 6) is -3.88. The molecule has 1 aliphatic rings. The van der Waals surface area contributed by atoms with E-state index in [1.54, 1.807) is 11.8 Å². The number of carbonyl (C=O) groups is 3. The quantitative estimate of drug-likeness (QED) is 0.616. The van der Waals surface area contributed by atoms with E-state index in [0.29, 0.717) is 6.42 Å². The van der Waals surface area contributed by atoms with Crippen LogP contribution in [0.25, 0.3) is 0 Å². The molecule has 0 aromatic heterocycles. The summed E-state index contributed by atoms with van der Waals surface area (Å²) in [5, 5.41) is 18.1. The van der Waals surface area contributed by atoms with Crippen LogP contribution in [0, 0.1) is 11.8 Å². The average molecular weight is 304 g/mol. The lowest BCUT2D eigenvalue weighted by Gasteiger charge is -2.35. The van der Waals surface area contributed by atoms with Crippen molar-refractivity contribution in [2.75, 3.05) is 25.1 Å². The maximum absolute atomic E-state index is 12.1. The lowest BCUT2D eigenvalue weighted by molar-refractivity contribution is -0.159. The Morgan fingerprint density at radius 2 is 1.90 bits per heavy atom. The Morgan fingerprint density at radius 3 is 2.40 bits per heavy atom. The molecule has 20 heavy (non-hydrogen) atoms. The third kappa shape index (κ3) is 4.11. The lowest BCUT2D eigenvalue weighted by atomic mass is 9.85. The minimum absolute atomic E-state index is 0.0852. The first-order chi connectivity index (χ1) is 9.38. The van der Waals surface area contributed by atoms with Gasteiger partial charge in [-0.1, -0.05) is 0 Å². The number of carboxylic acids is 2. The second-order valence-electron chi connectivity index (χ2n) is 4.85. The number of carboxylic acid groups (broad SMARTS) is 2. The van der Waals surface area contributed by atoms with Crippen molar-refractivity contribution in [3.8, 4) is 0 Å². The molecule has 0 radical (unpaired) electrons. The van der Waals surface area contributed by atoms with E-state index in [1.165, 1.54) is 4.90 Å². The van der Waals surface area contributed by atoms with E-state index >= 15 is 0 Å². The van der Waals surface area contributed by atoms with E-state index in [1.807, 2.05) is 6.26 Å². The van der Waals surface area contributed by atoms with Gasteiger partial charge in [0.2, 0.25) is 5.91 Å². The number of nitrogens with zero attached hydrogens (tertiary/aromatic N) is 1. The summed E-state index contributed by atoms with van der Waals surface area (Å²) in [7, 11) is 0. The van der Waals surface area contributed by atoms with Gasteiger partial charge < -0.3 is 20.8 Å². The van der Waals surface area contributed by atoms with Crippen molar-refractivity contribution in [1.29, 1.82) is 0 Å². The van der Waals surface area contributed by atoms with Crippen LogP contribution in [0.4, 0.5) is 0 Å². The fraction of sp³-hybridized carbons (Fsp3) is 0.750. The number of hydrogen-bond acceptors (Lipinski definition) is 5. The Balaban J connectivity index is 2.68. The molecule has 1 amide bonds. The zero-order valence-corrected chi connectivity index (χ0v) is 12.1. The third-order valence-electron chi connectivity index (χ3n) is 3.51. The van der Waals surface area contributed by atoms with Crippen molar-refractivity contribution in [3.05, 3.63) is 0 Å². The summed E-state index contributed by atoms with van der Waals surface area (Å²) in [6.07, 6.45) is 2.58. The smallest absolute Gasteiger partial charge is 0.309 e. The lowest BCUT2D eigenvalue weighted by Crippen LogP contribution is -2.53. The number of likely N-dealkylation sites (tertiary alicyclic amines) is 1. The first-order valence-electron chi connectivity index (χ1n) is 6.37. The van der Waals surface area contributed by atoms with Gasteiger partial charge in [0.1, 0.15) is 0 Å². The van der Waals surface area contributed by atoms with Gasteiger partial charge in [0.15, 0.2) is 0 Å². The topological polar surface area (TPSA) is 121 Å². The van der Waals surface area contributed by atoms with Gasteiger partial charge in [0, 0.05) is 13.1 Å². The van der Waals surface area contributed by atoms with Gasteiger partial charge in [-0.05, 0) is 24.9 Å². The Morgan fingerprint density at radius 1 is 1.30 bits per heavy atom. The molecule has 0 saturated carbocycles. The van der Waals surface area contributed by atoms with Crippen molar-refractivity contribution in [2.45, 2.75) is 18.9 Å². The molecule has 0 aromatic carbocycles. The predicted molar refractivity (Wildman–Crippen MR) is 74.4 cm³/mol. The Kier molecular flexibility index (Phi) is 6.28. The van der Waals surface area contributed by atoms with Crippen LogP contribution in [0.2, 0.25) is 0 Å². The van der Waals surface area contributed by atoms with Crippen LogP contribution in [-0.2, 0) is 14.4 Å². The van der Waals surface area contributed by atoms with Crippen molar-refractivity contribution < 1.29 is 24.6 Å². The summed E-state index contributed by atoms with van der Waals surface area (Å²) in [5.41, 5.74) is 5.78. The minimum Gasteiger partial charge on any atom is -0.481 e. The molecule has 1 rings (SSSR count). The van der Waals surface area contributed by atoms with Gasteiger partial charge in [-0.3, -0.25) is 14.4 Å². The molecule has 1 heterocycles. The maximum atomic E-state index is 12.1. The second kappa shape index (κ2) is 7.49. The van der Waals surface area contributed by atoms with Crippen LogP contribution in [0.15, 0.2) is 0 Å². The maximum Gasteiger partial charge on any atom is 0.309 e. The average Bonchev–Trinajstić information content (AvgIpc) is 2.42. The van der Waals surface area contributed by atoms with Crippen molar-refractivity contribution in [3.63, 3.8) is 0 Å². The van der Waals surface area contributed by atoms with Gasteiger partial charge >= 0.3 is 11.9 Å². The highest BCUT2D eigenvalue weighted by atomic mass is 32.2. The molecular formula is C12H20N2O5S. The Hall–Kier alpha value is -1.28. The fourth-order valence-electron chi connectivity index (χ4n) is 2.30.